The standard InChI is InChI=1S/C16H15BrF2O/c1-16(17,8-9-20)12-4-2-11(3-5-12)14-7-6-13(18)10-15(14)19/h2-7,10,20H,8-9H2,1H3. The van der Waals surface area contributed by atoms with E-state index in [9.17, 15) is 8.78 Å². The molecular weight excluding hydrogens is 326 g/mol. The van der Waals surface area contributed by atoms with Crippen LogP contribution in [-0.4, -0.2) is 11.7 Å². The van der Waals surface area contributed by atoms with Gasteiger partial charge in [0.25, 0.3) is 0 Å². The van der Waals surface area contributed by atoms with Gasteiger partial charge in [-0.25, -0.2) is 8.78 Å². The zero-order chi connectivity index (χ0) is 14.8. The summed E-state index contributed by atoms with van der Waals surface area (Å²) in [7, 11) is 0. The molecule has 2 aromatic rings. The first-order valence-electron chi connectivity index (χ1n) is 6.30. The second-order valence-electron chi connectivity index (χ2n) is 4.87. The first kappa shape index (κ1) is 15.1. The highest BCUT2D eigenvalue weighted by Crippen LogP contribution is 2.35. The molecule has 0 aliphatic heterocycles. The van der Waals surface area contributed by atoms with Crippen LogP contribution in [0.4, 0.5) is 8.78 Å². The van der Waals surface area contributed by atoms with E-state index >= 15 is 0 Å². The van der Waals surface area contributed by atoms with Crippen LogP contribution in [-0.2, 0) is 4.32 Å². The quantitative estimate of drug-likeness (QED) is 0.805. The van der Waals surface area contributed by atoms with E-state index in [1.807, 2.05) is 19.1 Å². The fourth-order valence-electron chi connectivity index (χ4n) is 2.08. The second kappa shape index (κ2) is 6.02. The van der Waals surface area contributed by atoms with Crippen molar-refractivity contribution in [3.05, 3.63) is 59.7 Å². The van der Waals surface area contributed by atoms with E-state index in [-0.39, 0.29) is 10.9 Å². The highest BCUT2D eigenvalue weighted by Gasteiger charge is 2.22. The maximum Gasteiger partial charge on any atom is 0.133 e. The molecule has 0 amide bonds. The number of alkyl halides is 1. The van der Waals surface area contributed by atoms with Crippen molar-refractivity contribution in [2.45, 2.75) is 17.7 Å². The van der Waals surface area contributed by atoms with Crippen LogP contribution >= 0.6 is 15.9 Å². The molecule has 0 aliphatic carbocycles. The second-order valence-corrected chi connectivity index (χ2v) is 6.62. The van der Waals surface area contributed by atoms with Gasteiger partial charge in [0.05, 0.1) is 0 Å². The number of rotatable bonds is 4. The Kier molecular flexibility index (Phi) is 4.55. The van der Waals surface area contributed by atoms with Crippen molar-refractivity contribution in [2.75, 3.05) is 6.61 Å². The summed E-state index contributed by atoms with van der Waals surface area (Å²) in [5.74, 6) is -1.16. The Balaban J connectivity index is 2.33. The summed E-state index contributed by atoms with van der Waals surface area (Å²) in [6.45, 7) is 2.05. The van der Waals surface area contributed by atoms with Gasteiger partial charge in [-0.2, -0.15) is 0 Å². The van der Waals surface area contributed by atoms with E-state index in [0.717, 1.165) is 11.6 Å². The largest absolute Gasteiger partial charge is 0.396 e. The SMILES string of the molecule is CC(Br)(CCO)c1ccc(-c2ccc(F)cc2F)cc1. The van der Waals surface area contributed by atoms with E-state index in [2.05, 4.69) is 15.9 Å². The third-order valence-electron chi connectivity index (χ3n) is 3.31. The fraction of sp³-hybridized carbons (Fsp3) is 0.250. The summed E-state index contributed by atoms with van der Waals surface area (Å²) in [5, 5.41) is 9.04. The maximum atomic E-state index is 13.7. The number of hydrogen-bond donors (Lipinski definition) is 1. The smallest absolute Gasteiger partial charge is 0.133 e. The topological polar surface area (TPSA) is 20.2 Å². The third kappa shape index (κ3) is 3.25. The Morgan fingerprint density at radius 2 is 1.75 bits per heavy atom. The predicted molar refractivity (Wildman–Crippen MR) is 79.8 cm³/mol. The molecule has 20 heavy (non-hydrogen) atoms. The van der Waals surface area contributed by atoms with Crippen LogP contribution in [0.25, 0.3) is 11.1 Å². The molecule has 0 bridgehead atoms. The normalized spacial score (nSPS) is 14.1. The summed E-state index contributed by atoms with van der Waals surface area (Å²) < 4.78 is 26.3. The van der Waals surface area contributed by atoms with Crippen molar-refractivity contribution in [1.29, 1.82) is 0 Å². The predicted octanol–water partition coefficient (Wildman–Crippen LogP) is 4.62. The molecule has 4 heteroatoms. The Hall–Kier alpha value is -1.26. The molecule has 106 valence electrons. The lowest BCUT2D eigenvalue weighted by molar-refractivity contribution is 0.273. The molecular formula is C16H15BrF2O. The summed E-state index contributed by atoms with van der Waals surface area (Å²) in [5.41, 5.74) is 2.06. The molecule has 1 unspecified atom stereocenters. The van der Waals surface area contributed by atoms with Gasteiger partial charge in [-0.3, -0.25) is 0 Å². The highest BCUT2D eigenvalue weighted by atomic mass is 79.9. The molecule has 1 N–H and O–H groups in total. The lowest BCUT2D eigenvalue weighted by Crippen LogP contribution is -2.14. The Labute approximate surface area is 125 Å². The maximum absolute atomic E-state index is 13.7. The van der Waals surface area contributed by atoms with Gasteiger partial charge in [0, 0.05) is 22.6 Å². The molecule has 0 saturated heterocycles. The summed E-state index contributed by atoms with van der Waals surface area (Å²) in [6, 6.07) is 10.9. The number of benzene rings is 2. The Morgan fingerprint density at radius 3 is 2.30 bits per heavy atom. The lowest BCUT2D eigenvalue weighted by atomic mass is 9.95. The van der Waals surface area contributed by atoms with Gasteiger partial charge in [-0.05, 0) is 36.6 Å². The van der Waals surface area contributed by atoms with E-state index in [1.165, 1.54) is 12.1 Å². The molecule has 0 heterocycles. The number of aliphatic hydroxyl groups is 1. The van der Waals surface area contributed by atoms with Crippen LogP contribution in [0.1, 0.15) is 18.9 Å². The molecule has 2 aromatic carbocycles. The molecule has 1 atom stereocenters. The first-order valence-corrected chi connectivity index (χ1v) is 7.09. The zero-order valence-corrected chi connectivity index (χ0v) is 12.6. The highest BCUT2D eigenvalue weighted by molar-refractivity contribution is 9.09. The van der Waals surface area contributed by atoms with Crippen LogP contribution < -0.4 is 0 Å². The van der Waals surface area contributed by atoms with E-state index in [4.69, 9.17) is 5.11 Å². The minimum absolute atomic E-state index is 0.0795. The van der Waals surface area contributed by atoms with Gasteiger partial charge < -0.3 is 5.11 Å². The van der Waals surface area contributed by atoms with Crippen molar-refractivity contribution < 1.29 is 13.9 Å². The molecule has 0 aromatic heterocycles. The van der Waals surface area contributed by atoms with Crippen LogP contribution in [0.3, 0.4) is 0 Å². The summed E-state index contributed by atoms with van der Waals surface area (Å²) in [4.78, 5) is 0. The monoisotopic (exact) mass is 340 g/mol. The minimum Gasteiger partial charge on any atom is -0.396 e. The molecule has 2 rings (SSSR count). The number of aliphatic hydroxyl groups excluding tert-OH is 1. The first-order chi connectivity index (χ1) is 9.44. The van der Waals surface area contributed by atoms with Gasteiger partial charge in [-0.15, -0.1) is 0 Å². The lowest BCUT2D eigenvalue weighted by Gasteiger charge is -2.22. The number of hydrogen-bond acceptors (Lipinski definition) is 1. The molecule has 0 radical (unpaired) electrons. The van der Waals surface area contributed by atoms with Crippen molar-refractivity contribution in [2.24, 2.45) is 0 Å². The third-order valence-corrected chi connectivity index (χ3v) is 4.16. The van der Waals surface area contributed by atoms with Crippen molar-refractivity contribution in [1.82, 2.24) is 0 Å². The Morgan fingerprint density at radius 1 is 1.10 bits per heavy atom. The van der Waals surface area contributed by atoms with Crippen LogP contribution in [0, 0.1) is 11.6 Å². The van der Waals surface area contributed by atoms with Gasteiger partial charge in [0.15, 0.2) is 0 Å². The van der Waals surface area contributed by atoms with E-state index in [1.54, 1.807) is 12.1 Å². The van der Waals surface area contributed by atoms with Crippen LogP contribution in [0.5, 0.6) is 0 Å². The molecule has 1 nitrogen and oxygen atoms in total. The average Bonchev–Trinajstić information content (AvgIpc) is 2.39. The zero-order valence-electron chi connectivity index (χ0n) is 11.0. The molecule has 0 fully saturated rings. The van der Waals surface area contributed by atoms with Gasteiger partial charge in [0.2, 0.25) is 0 Å². The van der Waals surface area contributed by atoms with Crippen molar-refractivity contribution >= 4 is 15.9 Å². The summed E-state index contributed by atoms with van der Waals surface area (Å²) >= 11 is 3.57. The van der Waals surface area contributed by atoms with Crippen LogP contribution in [0.15, 0.2) is 42.5 Å². The number of halogens is 3. The van der Waals surface area contributed by atoms with Crippen molar-refractivity contribution in [3.8, 4) is 11.1 Å². The van der Waals surface area contributed by atoms with Gasteiger partial charge >= 0.3 is 0 Å². The summed E-state index contributed by atoms with van der Waals surface area (Å²) in [6.07, 6.45) is 0.581. The minimum atomic E-state index is -0.584. The van der Waals surface area contributed by atoms with Crippen molar-refractivity contribution in [3.63, 3.8) is 0 Å². The molecule has 0 aliphatic rings. The van der Waals surface area contributed by atoms with Gasteiger partial charge in [-0.1, -0.05) is 40.2 Å². The fourth-order valence-corrected chi connectivity index (χ4v) is 2.52. The molecule has 0 saturated carbocycles. The molecule has 0 spiro atoms. The average molecular weight is 341 g/mol. The van der Waals surface area contributed by atoms with Gasteiger partial charge in [0.1, 0.15) is 11.6 Å². The van der Waals surface area contributed by atoms with E-state index in [0.29, 0.717) is 17.5 Å². The Bertz CT molecular complexity index is 594. The van der Waals surface area contributed by atoms with E-state index < -0.39 is 11.6 Å². The van der Waals surface area contributed by atoms with Crippen LogP contribution in [0.2, 0.25) is 0 Å².